The van der Waals surface area contributed by atoms with Crippen molar-refractivity contribution in [2.45, 2.75) is 25.8 Å². The first-order valence-electron chi connectivity index (χ1n) is 6.94. The lowest BCUT2D eigenvalue weighted by atomic mass is 9.94. The molecule has 0 radical (unpaired) electrons. The fourth-order valence-electron chi connectivity index (χ4n) is 3.12. The minimum atomic E-state index is 0.164. The molecule has 2 fully saturated rings. The second-order valence-corrected chi connectivity index (χ2v) is 6.49. The van der Waals surface area contributed by atoms with Gasteiger partial charge < -0.3 is 10.2 Å². The minimum Gasteiger partial charge on any atom is -0.337 e. The fourth-order valence-corrected chi connectivity index (χ4v) is 3.50. The molecule has 2 heterocycles. The van der Waals surface area contributed by atoms with Crippen LogP contribution in [0.5, 0.6) is 0 Å². The Morgan fingerprint density at radius 2 is 2.26 bits per heavy atom. The number of likely N-dealkylation sites (tertiary alicyclic amines) is 1. The van der Waals surface area contributed by atoms with Crippen LogP contribution >= 0.6 is 15.9 Å². The van der Waals surface area contributed by atoms with Gasteiger partial charge >= 0.3 is 0 Å². The molecule has 3 rings (SSSR count). The first-order chi connectivity index (χ1) is 9.15. The normalized spacial score (nSPS) is 26.3. The van der Waals surface area contributed by atoms with Crippen LogP contribution in [0.15, 0.2) is 22.7 Å². The number of aryl methyl sites for hydroxylation is 1. The highest BCUT2D eigenvalue weighted by Crippen LogP contribution is 2.27. The lowest BCUT2D eigenvalue weighted by Crippen LogP contribution is -2.41. The Morgan fingerprint density at radius 3 is 3.00 bits per heavy atom. The predicted molar refractivity (Wildman–Crippen MR) is 79.3 cm³/mol. The van der Waals surface area contributed by atoms with Crippen molar-refractivity contribution in [3.8, 4) is 0 Å². The van der Waals surface area contributed by atoms with Crippen molar-refractivity contribution in [2.75, 3.05) is 19.6 Å². The lowest BCUT2D eigenvalue weighted by molar-refractivity contribution is 0.0785. The van der Waals surface area contributed by atoms with Gasteiger partial charge in [-0.2, -0.15) is 0 Å². The Labute approximate surface area is 122 Å². The summed E-state index contributed by atoms with van der Waals surface area (Å²) in [7, 11) is 0. The molecule has 4 heteroatoms. The van der Waals surface area contributed by atoms with E-state index in [1.807, 2.05) is 30.0 Å². The number of hydrogen-bond donors (Lipinski definition) is 1. The van der Waals surface area contributed by atoms with Gasteiger partial charge in [-0.15, -0.1) is 0 Å². The molecule has 0 bridgehead atoms. The van der Waals surface area contributed by atoms with Crippen LogP contribution in [0.3, 0.4) is 0 Å². The maximum absolute atomic E-state index is 12.5. The average Bonchev–Trinajstić information content (AvgIpc) is 2.85. The number of amides is 1. The summed E-state index contributed by atoms with van der Waals surface area (Å²) in [5, 5.41) is 3.53. The molecule has 2 aliphatic rings. The van der Waals surface area contributed by atoms with Crippen molar-refractivity contribution >= 4 is 21.8 Å². The molecule has 2 saturated heterocycles. The van der Waals surface area contributed by atoms with Crippen molar-refractivity contribution < 1.29 is 4.79 Å². The summed E-state index contributed by atoms with van der Waals surface area (Å²) in [6, 6.07) is 6.37. The highest BCUT2D eigenvalue weighted by Gasteiger charge is 2.36. The molecular formula is C15H19BrN2O. The number of fused-ring (bicyclic) bond motifs is 1. The number of benzene rings is 1. The van der Waals surface area contributed by atoms with Crippen LogP contribution < -0.4 is 5.32 Å². The SMILES string of the molecule is Cc1ccc(C(=O)N2CC3CCCNC3C2)cc1Br. The van der Waals surface area contributed by atoms with Crippen molar-refractivity contribution in [1.82, 2.24) is 10.2 Å². The first-order valence-corrected chi connectivity index (χ1v) is 7.73. The Bertz CT molecular complexity index is 489. The second kappa shape index (κ2) is 5.25. The van der Waals surface area contributed by atoms with Crippen LogP contribution in [0.25, 0.3) is 0 Å². The van der Waals surface area contributed by atoms with Gasteiger partial charge in [-0.3, -0.25) is 4.79 Å². The van der Waals surface area contributed by atoms with Gasteiger partial charge in [0, 0.05) is 29.2 Å². The van der Waals surface area contributed by atoms with Gasteiger partial charge in [-0.05, 0) is 49.9 Å². The number of carbonyl (C=O) groups is 1. The summed E-state index contributed by atoms with van der Waals surface area (Å²) in [6.07, 6.45) is 2.48. The fraction of sp³-hybridized carbons (Fsp3) is 0.533. The molecule has 3 nitrogen and oxygen atoms in total. The van der Waals surface area contributed by atoms with E-state index in [0.29, 0.717) is 12.0 Å². The molecule has 0 saturated carbocycles. The number of carbonyl (C=O) groups excluding carboxylic acids is 1. The van der Waals surface area contributed by atoms with E-state index in [0.717, 1.165) is 35.2 Å². The van der Waals surface area contributed by atoms with Gasteiger partial charge in [0.2, 0.25) is 0 Å². The van der Waals surface area contributed by atoms with Crippen molar-refractivity contribution in [3.05, 3.63) is 33.8 Å². The summed E-state index contributed by atoms with van der Waals surface area (Å²) >= 11 is 3.50. The Kier molecular flexibility index (Phi) is 3.63. The highest BCUT2D eigenvalue weighted by atomic mass is 79.9. The van der Waals surface area contributed by atoms with E-state index in [4.69, 9.17) is 0 Å². The zero-order chi connectivity index (χ0) is 13.4. The van der Waals surface area contributed by atoms with Crippen molar-refractivity contribution in [2.24, 2.45) is 5.92 Å². The van der Waals surface area contributed by atoms with Gasteiger partial charge in [0.05, 0.1) is 0 Å². The second-order valence-electron chi connectivity index (χ2n) is 5.64. The standard InChI is InChI=1S/C15H19BrN2O/c1-10-4-5-11(7-13(10)16)15(19)18-8-12-3-2-6-17-14(12)9-18/h4-5,7,12,14,17H,2-3,6,8-9H2,1H3. The average molecular weight is 323 g/mol. The van der Waals surface area contributed by atoms with Gasteiger partial charge in [0.25, 0.3) is 5.91 Å². The maximum Gasteiger partial charge on any atom is 0.253 e. The highest BCUT2D eigenvalue weighted by molar-refractivity contribution is 9.10. The van der Waals surface area contributed by atoms with Crippen LogP contribution in [-0.4, -0.2) is 36.5 Å². The van der Waals surface area contributed by atoms with Crippen LogP contribution in [0.4, 0.5) is 0 Å². The van der Waals surface area contributed by atoms with Crippen LogP contribution in [-0.2, 0) is 0 Å². The smallest absolute Gasteiger partial charge is 0.253 e. The zero-order valence-electron chi connectivity index (χ0n) is 11.2. The molecule has 0 aromatic heterocycles. The van der Waals surface area contributed by atoms with Gasteiger partial charge in [-0.1, -0.05) is 22.0 Å². The molecule has 1 aromatic rings. The van der Waals surface area contributed by atoms with Crippen molar-refractivity contribution in [3.63, 3.8) is 0 Å². The van der Waals surface area contributed by atoms with Gasteiger partial charge in [0.1, 0.15) is 0 Å². The largest absolute Gasteiger partial charge is 0.337 e. The molecule has 1 amide bonds. The van der Waals surface area contributed by atoms with Crippen LogP contribution in [0.2, 0.25) is 0 Å². The number of hydrogen-bond acceptors (Lipinski definition) is 2. The molecule has 2 unspecified atom stereocenters. The molecule has 1 N–H and O–H groups in total. The minimum absolute atomic E-state index is 0.164. The molecular weight excluding hydrogens is 304 g/mol. The third kappa shape index (κ3) is 2.56. The molecule has 102 valence electrons. The number of nitrogens with one attached hydrogen (secondary N) is 1. The van der Waals surface area contributed by atoms with Gasteiger partial charge in [-0.25, -0.2) is 0 Å². The first kappa shape index (κ1) is 13.1. The maximum atomic E-state index is 12.5. The topological polar surface area (TPSA) is 32.3 Å². The summed E-state index contributed by atoms with van der Waals surface area (Å²) in [6.45, 7) is 4.89. The summed E-state index contributed by atoms with van der Waals surface area (Å²) in [4.78, 5) is 14.5. The summed E-state index contributed by atoms with van der Waals surface area (Å²) in [5.41, 5.74) is 1.95. The number of halogens is 1. The Hall–Kier alpha value is -0.870. The Morgan fingerprint density at radius 1 is 1.42 bits per heavy atom. The van der Waals surface area contributed by atoms with Gasteiger partial charge in [0.15, 0.2) is 0 Å². The summed E-state index contributed by atoms with van der Waals surface area (Å²) < 4.78 is 1.01. The number of rotatable bonds is 1. The van der Waals surface area contributed by atoms with Crippen LogP contribution in [0, 0.1) is 12.8 Å². The third-order valence-electron chi connectivity index (χ3n) is 4.31. The van der Waals surface area contributed by atoms with E-state index in [-0.39, 0.29) is 5.91 Å². The Balaban J connectivity index is 1.75. The number of nitrogens with zero attached hydrogens (tertiary/aromatic N) is 1. The zero-order valence-corrected chi connectivity index (χ0v) is 12.7. The monoisotopic (exact) mass is 322 g/mol. The predicted octanol–water partition coefficient (Wildman–Crippen LogP) is 2.58. The van der Waals surface area contributed by atoms with E-state index >= 15 is 0 Å². The van der Waals surface area contributed by atoms with E-state index in [2.05, 4.69) is 21.2 Å². The molecule has 0 spiro atoms. The molecule has 2 aliphatic heterocycles. The van der Waals surface area contributed by atoms with E-state index in [9.17, 15) is 4.79 Å². The summed E-state index contributed by atoms with van der Waals surface area (Å²) in [5.74, 6) is 0.809. The molecule has 19 heavy (non-hydrogen) atoms. The quantitative estimate of drug-likeness (QED) is 0.862. The van der Waals surface area contributed by atoms with Crippen molar-refractivity contribution in [1.29, 1.82) is 0 Å². The van der Waals surface area contributed by atoms with E-state index in [1.54, 1.807) is 0 Å². The number of piperidine rings is 1. The van der Waals surface area contributed by atoms with E-state index in [1.165, 1.54) is 12.8 Å². The third-order valence-corrected chi connectivity index (χ3v) is 5.16. The van der Waals surface area contributed by atoms with E-state index < -0.39 is 0 Å². The molecule has 0 aliphatic carbocycles. The molecule has 1 aromatic carbocycles. The lowest BCUT2D eigenvalue weighted by Gasteiger charge is -2.24. The molecule has 2 atom stereocenters. The van der Waals surface area contributed by atoms with Crippen LogP contribution in [0.1, 0.15) is 28.8 Å².